The predicted molar refractivity (Wildman–Crippen MR) is 119 cm³/mol. The molecule has 0 radical (unpaired) electrons. The van der Waals surface area contributed by atoms with Crippen LogP contribution in [-0.4, -0.2) is 38.1 Å². The minimum Gasteiger partial charge on any atom is -0.378 e. The number of carbonyl (C=O) groups is 2. The molecule has 158 valence electrons. The zero-order valence-corrected chi connectivity index (χ0v) is 17.4. The van der Waals surface area contributed by atoms with E-state index >= 15 is 0 Å². The molecule has 0 spiro atoms. The third-order valence-corrected chi connectivity index (χ3v) is 6.14. The van der Waals surface area contributed by atoms with Crippen molar-refractivity contribution in [2.45, 2.75) is 38.0 Å². The van der Waals surface area contributed by atoms with Crippen molar-refractivity contribution in [3.8, 4) is 0 Å². The van der Waals surface area contributed by atoms with Crippen LogP contribution in [0, 0.1) is 0 Å². The monoisotopic (exact) mass is 407 g/mol. The van der Waals surface area contributed by atoms with E-state index in [9.17, 15) is 9.59 Å². The number of rotatable bonds is 5. The van der Waals surface area contributed by atoms with Gasteiger partial charge in [0.2, 0.25) is 11.8 Å². The SMILES string of the molecule is CC(=O)Nc1ccc(NC(=O)C2(c3ccccc3)CCCC2)c(N2CCOCC2)c1. The van der Waals surface area contributed by atoms with Gasteiger partial charge in [-0.2, -0.15) is 0 Å². The van der Waals surface area contributed by atoms with Crippen LogP contribution in [-0.2, 0) is 19.7 Å². The molecule has 0 aromatic heterocycles. The minimum atomic E-state index is -0.486. The Hall–Kier alpha value is -2.86. The summed E-state index contributed by atoms with van der Waals surface area (Å²) in [7, 11) is 0. The summed E-state index contributed by atoms with van der Waals surface area (Å²) in [6.45, 7) is 4.28. The number of anilines is 3. The molecule has 2 aliphatic rings. The van der Waals surface area contributed by atoms with Gasteiger partial charge in [0.25, 0.3) is 0 Å². The van der Waals surface area contributed by atoms with Gasteiger partial charge in [-0.3, -0.25) is 9.59 Å². The van der Waals surface area contributed by atoms with Crippen LogP contribution in [0.2, 0.25) is 0 Å². The van der Waals surface area contributed by atoms with Crippen LogP contribution >= 0.6 is 0 Å². The summed E-state index contributed by atoms with van der Waals surface area (Å²) < 4.78 is 5.49. The fourth-order valence-electron chi connectivity index (χ4n) is 4.61. The number of hydrogen-bond acceptors (Lipinski definition) is 4. The number of ether oxygens (including phenoxy) is 1. The van der Waals surface area contributed by atoms with Crippen LogP contribution in [0.1, 0.15) is 38.2 Å². The lowest BCUT2D eigenvalue weighted by atomic mass is 9.78. The maximum atomic E-state index is 13.6. The predicted octanol–water partition coefficient (Wildman–Crippen LogP) is 3.93. The van der Waals surface area contributed by atoms with E-state index < -0.39 is 5.41 Å². The average Bonchev–Trinajstić information content (AvgIpc) is 3.27. The lowest BCUT2D eigenvalue weighted by Crippen LogP contribution is -2.40. The molecule has 1 saturated carbocycles. The molecule has 1 heterocycles. The second-order valence-electron chi connectivity index (χ2n) is 8.12. The van der Waals surface area contributed by atoms with Gasteiger partial charge in [-0.15, -0.1) is 0 Å². The largest absolute Gasteiger partial charge is 0.378 e. The number of amides is 2. The van der Waals surface area contributed by atoms with Gasteiger partial charge in [0.1, 0.15) is 0 Å². The Morgan fingerprint density at radius 2 is 1.67 bits per heavy atom. The number of carbonyl (C=O) groups excluding carboxylic acids is 2. The van der Waals surface area contributed by atoms with Crippen LogP contribution in [0.5, 0.6) is 0 Å². The summed E-state index contributed by atoms with van der Waals surface area (Å²) in [6.07, 6.45) is 3.83. The number of hydrogen-bond donors (Lipinski definition) is 2. The first-order valence-electron chi connectivity index (χ1n) is 10.7. The summed E-state index contributed by atoms with van der Waals surface area (Å²) in [4.78, 5) is 27.3. The van der Waals surface area contributed by atoms with E-state index in [1.807, 2.05) is 36.4 Å². The van der Waals surface area contributed by atoms with E-state index in [4.69, 9.17) is 4.74 Å². The maximum Gasteiger partial charge on any atom is 0.235 e. The van der Waals surface area contributed by atoms with Gasteiger partial charge in [0, 0.05) is 25.7 Å². The highest BCUT2D eigenvalue weighted by atomic mass is 16.5. The van der Waals surface area contributed by atoms with Crippen molar-refractivity contribution in [2.24, 2.45) is 0 Å². The lowest BCUT2D eigenvalue weighted by Gasteiger charge is -2.33. The van der Waals surface area contributed by atoms with Gasteiger partial charge in [0.05, 0.1) is 30.0 Å². The number of benzene rings is 2. The quantitative estimate of drug-likeness (QED) is 0.788. The normalized spacial score (nSPS) is 18.1. The fourth-order valence-corrected chi connectivity index (χ4v) is 4.61. The molecule has 2 aromatic carbocycles. The molecule has 1 aliphatic heterocycles. The van der Waals surface area contributed by atoms with E-state index in [2.05, 4.69) is 27.7 Å². The minimum absolute atomic E-state index is 0.0491. The van der Waals surface area contributed by atoms with E-state index in [-0.39, 0.29) is 11.8 Å². The first-order chi connectivity index (χ1) is 14.6. The van der Waals surface area contributed by atoms with Crippen LogP contribution < -0.4 is 15.5 Å². The molecule has 2 N–H and O–H groups in total. The molecular formula is C24H29N3O3. The number of nitrogens with zero attached hydrogens (tertiary/aromatic N) is 1. The van der Waals surface area contributed by atoms with E-state index in [1.54, 1.807) is 0 Å². The fraction of sp³-hybridized carbons (Fsp3) is 0.417. The molecule has 0 unspecified atom stereocenters. The molecule has 0 atom stereocenters. The highest BCUT2D eigenvalue weighted by Gasteiger charge is 2.42. The Kier molecular flexibility index (Phi) is 6.04. The molecule has 6 heteroatoms. The van der Waals surface area contributed by atoms with E-state index in [0.717, 1.165) is 61.4 Å². The second kappa shape index (κ2) is 8.88. The smallest absolute Gasteiger partial charge is 0.235 e. The molecule has 6 nitrogen and oxygen atoms in total. The Labute approximate surface area is 177 Å². The second-order valence-corrected chi connectivity index (χ2v) is 8.12. The first-order valence-corrected chi connectivity index (χ1v) is 10.7. The molecule has 30 heavy (non-hydrogen) atoms. The molecular weight excluding hydrogens is 378 g/mol. The number of morpholine rings is 1. The molecule has 4 rings (SSSR count). The Balaban J connectivity index is 1.65. The summed E-state index contributed by atoms with van der Waals surface area (Å²) in [5, 5.41) is 6.08. The standard InChI is InChI=1S/C24H29N3O3/c1-18(28)25-20-9-10-21(22(17-20)27-13-15-30-16-14-27)26-23(29)24(11-5-6-12-24)19-7-3-2-4-8-19/h2-4,7-10,17H,5-6,11-16H2,1H3,(H,25,28)(H,26,29). The van der Waals surface area contributed by atoms with E-state index in [1.165, 1.54) is 6.92 Å². The molecule has 1 aliphatic carbocycles. The third kappa shape index (κ3) is 4.19. The highest BCUT2D eigenvalue weighted by molar-refractivity contribution is 6.02. The summed E-state index contributed by atoms with van der Waals surface area (Å²) in [6, 6.07) is 15.8. The number of nitrogens with one attached hydrogen (secondary N) is 2. The van der Waals surface area contributed by atoms with Gasteiger partial charge in [-0.25, -0.2) is 0 Å². The topological polar surface area (TPSA) is 70.7 Å². The van der Waals surface area contributed by atoms with Crippen molar-refractivity contribution in [3.63, 3.8) is 0 Å². The van der Waals surface area contributed by atoms with Gasteiger partial charge in [-0.05, 0) is 36.6 Å². The molecule has 0 bridgehead atoms. The Morgan fingerprint density at radius 3 is 2.33 bits per heavy atom. The molecule has 2 amide bonds. The average molecular weight is 408 g/mol. The zero-order valence-electron chi connectivity index (χ0n) is 17.4. The Morgan fingerprint density at radius 1 is 0.967 bits per heavy atom. The summed E-state index contributed by atoms with van der Waals surface area (Å²) >= 11 is 0. The van der Waals surface area contributed by atoms with Gasteiger partial charge < -0.3 is 20.3 Å². The van der Waals surface area contributed by atoms with Crippen molar-refractivity contribution in [1.29, 1.82) is 0 Å². The highest BCUT2D eigenvalue weighted by Crippen LogP contribution is 2.43. The lowest BCUT2D eigenvalue weighted by molar-refractivity contribution is -0.121. The van der Waals surface area contributed by atoms with Crippen LogP contribution in [0.25, 0.3) is 0 Å². The molecule has 2 fully saturated rings. The zero-order chi connectivity index (χ0) is 21.0. The van der Waals surface area contributed by atoms with Crippen LogP contribution in [0.15, 0.2) is 48.5 Å². The molecule has 1 saturated heterocycles. The van der Waals surface area contributed by atoms with Crippen molar-refractivity contribution < 1.29 is 14.3 Å². The maximum absolute atomic E-state index is 13.6. The van der Waals surface area contributed by atoms with Gasteiger partial charge >= 0.3 is 0 Å². The summed E-state index contributed by atoms with van der Waals surface area (Å²) in [5.74, 6) is -0.0679. The van der Waals surface area contributed by atoms with Crippen LogP contribution in [0.3, 0.4) is 0 Å². The van der Waals surface area contributed by atoms with Crippen molar-refractivity contribution in [3.05, 3.63) is 54.1 Å². The third-order valence-electron chi connectivity index (χ3n) is 6.14. The van der Waals surface area contributed by atoms with Crippen molar-refractivity contribution >= 4 is 28.9 Å². The summed E-state index contributed by atoms with van der Waals surface area (Å²) in [5.41, 5.74) is 3.01. The Bertz CT molecular complexity index is 901. The van der Waals surface area contributed by atoms with Crippen LogP contribution in [0.4, 0.5) is 17.1 Å². The molecule has 2 aromatic rings. The van der Waals surface area contributed by atoms with Gasteiger partial charge in [0.15, 0.2) is 0 Å². The first kappa shape index (κ1) is 20.4. The van der Waals surface area contributed by atoms with Crippen molar-refractivity contribution in [2.75, 3.05) is 41.8 Å². The van der Waals surface area contributed by atoms with Gasteiger partial charge in [-0.1, -0.05) is 43.2 Å². The van der Waals surface area contributed by atoms with E-state index in [0.29, 0.717) is 13.2 Å². The van der Waals surface area contributed by atoms with Crippen molar-refractivity contribution in [1.82, 2.24) is 0 Å².